The van der Waals surface area contributed by atoms with Gasteiger partial charge in [-0.1, -0.05) is 233 Å². The first-order chi connectivity index (χ1) is 72.4. The van der Waals surface area contributed by atoms with Crippen molar-refractivity contribution in [3.8, 4) is 17.1 Å². The van der Waals surface area contributed by atoms with Gasteiger partial charge in [0.25, 0.3) is 35.4 Å². The Balaban J connectivity index is 0.000000188. The maximum atomic E-state index is 14.7. The number of aliphatic carboxylic acids is 1. The van der Waals surface area contributed by atoms with Gasteiger partial charge >= 0.3 is 5.97 Å². The number of aromatic nitrogens is 6. The number of anilines is 3. The number of benzene rings is 9. The van der Waals surface area contributed by atoms with Crippen LogP contribution in [0.25, 0.3) is 27.8 Å². The second-order valence-electron chi connectivity index (χ2n) is 39.5. The largest absolute Gasteiger partial charge is 0.481 e. The van der Waals surface area contributed by atoms with Gasteiger partial charge in [0, 0.05) is 119 Å². The van der Waals surface area contributed by atoms with Gasteiger partial charge in [-0.05, 0) is 207 Å². The van der Waals surface area contributed by atoms with Gasteiger partial charge in [-0.2, -0.15) is 15.3 Å². The summed E-state index contributed by atoms with van der Waals surface area (Å²) >= 11 is 0. The van der Waals surface area contributed by atoms with Crippen molar-refractivity contribution in [2.24, 2.45) is 5.92 Å². The van der Waals surface area contributed by atoms with E-state index in [2.05, 4.69) is 62.6 Å². The number of carbonyl (C=O) groups is 11. The third-order valence-electron chi connectivity index (χ3n) is 28.1. The predicted molar refractivity (Wildman–Crippen MR) is 582 cm³/mol. The summed E-state index contributed by atoms with van der Waals surface area (Å²) in [5, 5.41) is 65.4. The number of carboxylic acids is 1. The van der Waals surface area contributed by atoms with E-state index >= 15 is 0 Å². The molecule has 150 heavy (non-hydrogen) atoms. The van der Waals surface area contributed by atoms with Crippen molar-refractivity contribution in [1.29, 1.82) is 0 Å². The number of carbonyl (C=O) groups excluding carboxylic acids is 10. The molecule has 6 heterocycles. The summed E-state index contributed by atoms with van der Waals surface area (Å²) in [6.45, 7) is 23.8. The van der Waals surface area contributed by atoms with E-state index in [-0.39, 0.29) is 116 Å². The van der Waals surface area contributed by atoms with Crippen molar-refractivity contribution in [3.05, 3.63) is 314 Å². The first kappa shape index (κ1) is 112. The molecule has 15 rings (SSSR count). The normalized spacial score (nSPS) is 14.3. The topological polar surface area (TPSA) is 381 Å². The Morgan fingerprint density at radius 2 is 0.707 bits per heavy atom. The SMILES string of the molecule is CCCCN(CCCC)C(=O)c1cc(C)n(-c2ccc(NC(=O)C(C)CC(=O)O)cc2C(=O)N2Cc3ccccc3C[C@H]2CO)n1.CCCCN(CCCC)C(=O)c1cc(C)n(-c2ccc(NC(=O)C(CC(=O)N(C)C)c3ccccc3)cc2C(=O)N2Cc3ccccc3C[C@H]2CO)n1.CCCCN(CCCC)C(=O)c1cc(C)n(-c2ccc(NC(=O)Cc3cccc4ccccc34)cc2C(=O)N2Cc3ccccc3C[C@H]2CO)n1. The summed E-state index contributed by atoms with van der Waals surface area (Å²) in [6, 6.07) is 65.7. The number of rotatable bonds is 42. The van der Waals surface area contributed by atoms with Crippen molar-refractivity contribution in [2.75, 3.05) is 89.1 Å². The van der Waals surface area contributed by atoms with Gasteiger partial charge in [-0.3, -0.25) is 52.7 Å². The Morgan fingerprint density at radius 3 is 1.05 bits per heavy atom. The highest BCUT2D eigenvalue weighted by molar-refractivity contribution is 6.06. The quantitative estimate of drug-likeness (QED) is 0.0187. The number of unbranched alkanes of at least 4 members (excludes halogenated alkanes) is 6. The van der Waals surface area contributed by atoms with E-state index in [0.717, 1.165) is 127 Å². The van der Waals surface area contributed by atoms with Crippen molar-refractivity contribution in [3.63, 3.8) is 0 Å². The predicted octanol–water partition coefficient (Wildman–Crippen LogP) is 17.9. The minimum atomic E-state index is -1.09. The maximum absolute atomic E-state index is 14.7. The van der Waals surface area contributed by atoms with E-state index in [1.165, 1.54) is 11.8 Å². The molecule has 9 aromatic carbocycles. The van der Waals surface area contributed by atoms with Crippen molar-refractivity contribution in [1.82, 2.24) is 63.6 Å². The van der Waals surface area contributed by atoms with Gasteiger partial charge in [0.05, 0.1) is 90.5 Å². The average molecular weight is 2040 g/mol. The molecule has 2 unspecified atom stereocenters. The summed E-state index contributed by atoms with van der Waals surface area (Å²) in [4.78, 5) is 161. The minimum Gasteiger partial charge on any atom is -0.481 e. The molecule has 31 heteroatoms. The number of hydrogen-bond donors (Lipinski definition) is 7. The van der Waals surface area contributed by atoms with E-state index in [4.69, 9.17) is 15.3 Å². The molecule has 3 aromatic heterocycles. The second kappa shape index (κ2) is 53.7. The fourth-order valence-electron chi connectivity index (χ4n) is 19.4. The fraction of sp³-hybridized carbons (Fsp3) is 0.395. The van der Waals surface area contributed by atoms with Crippen LogP contribution in [0.5, 0.6) is 0 Å². The van der Waals surface area contributed by atoms with Crippen LogP contribution < -0.4 is 16.0 Å². The number of carboxylic acid groups (broad SMARTS) is 1. The number of aliphatic hydroxyl groups excluding tert-OH is 3. The maximum Gasteiger partial charge on any atom is 0.304 e. The van der Waals surface area contributed by atoms with Gasteiger partial charge in [-0.15, -0.1) is 0 Å². The van der Waals surface area contributed by atoms with E-state index < -0.39 is 41.8 Å². The molecule has 10 amide bonds. The van der Waals surface area contributed by atoms with Gasteiger partial charge < -0.3 is 70.7 Å². The van der Waals surface area contributed by atoms with E-state index in [9.17, 15) is 68.1 Å². The zero-order chi connectivity index (χ0) is 107. The molecule has 0 aliphatic carbocycles. The Kier molecular flexibility index (Phi) is 40.1. The molecule has 0 saturated heterocycles. The lowest BCUT2D eigenvalue weighted by Gasteiger charge is -2.36. The van der Waals surface area contributed by atoms with Crippen LogP contribution in [0.15, 0.2) is 218 Å². The average Bonchev–Trinajstić information content (AvgIpc) is 1.45. The molecule has 3 aliphatic rings. The zero-order valence-corrected chi connectivity index (χ0v) is 88.5. The number of amides is 10. The third kappa shape index (κ3) is 27.9. The summed E-state index contributed by atoms with van der Waals surface area (Å²) in [7, 11) is 3.31. The number of fused-ring (bicyclic) bond motifs is 4. The fourth-order valence-corrected chi connectivity index (χ4v) is 19.4. The molecular formula is C119H144N16O15. The first-order valence-corrected chi connectivity index (χ1v) is 52.8. The molecular weight excluding hydrogens is 1890 g/mol. The van der Waals surface area contributed by atoms with Crippen LogP contribution in [0, 0.1) is 26.7 Å². The van der Waals surface area contributed by atoms with Crippen LogP contribution in [0.2, 0.25) is 0 Å². The Bertz CT molecular complexity index is 6740. The molecule has 0 saturated carbocycles. The lowest BCUT2D eigenvalue weighted by molar-refractivity contribution is -0.140. The van der Waals surface area contributed by atoms with Crippen LogP contribution in [0.1, 0.15) is 268 Å². The molecule has 5 atom stereocenters. The summed E-state index contributed by atoms with van der Waals surface area (Å²) in [6.07, 6.45) is 12.5. The molecule has 31 nitrogen and oxygen atoms in total. The second-order valence-corrected chi connectivity index (χ2v) is 39.5. The van der Waals surface area contributed by atoms with Crippen LogP contribution in [0.3, 0.4) is 0 Å². The smallest absolute Gasteiger partial charge is 0.304 e. The number of aliphatic hydroxyl groups is 3. The lowest BCUT2D eigenvalue weighted by Crippen LogP contribution is -2.46. The molecule has 0 spiro atoms. The molecule has 3 aliphatic heterocycles. The highest BCUT2D eigenvalue weighted by Crippen LogP contribution is 2.37. The summed E-state index contributed by atoms with van der Waals surface area (Å²) < 4.78 is 4.83. The molecule has 790 valence electrons. The highest BCUT2D eigenvalue weighted by atomic mass is 16.4. The first-order valence-electron chi connectivity index (χ1n) is 52.8. The standard InChI is InChI=1S/C42H52N6O5.C42H47N5O4.C35H45N5O6/c1-6-8-21-46(22-9-7-2)42(53)37-23-29(3)48(44-37)38-20-19-33(43-40(51)35(26-39(50)45(4)5)30-15-11-10-12-16-30)25-36(38)41(52)47-27-32-18-14-13-17-31(32)24-34(47)28-49;1-4-6-21-45(22-7-5-2)42(51)38-23-29(3)47(44-38)39-20-19-34(43-40(49)25-32-17-12-16-30-13-10-11-18-36(30)32)26-37(39)41(50)46-27-33-15-9-8-14-31(33)24-35(46)28-48;1-5-7-15-38(16-8-6-2)35(46)30-18-24(4)40(37-30)31-14-13-27(36-33(44)23(3)17-32(42)43)20-29(31)34(45)39-21-26-12-10-9-11-25(26)19-28(39)22-41/h10-20,23,25,34-35,49H,6-9,21-22,24,26-28H2,1-5H3,(H,43,51);8-20,23,26,35,48H,4-7,21-22,24-25,27-28H2,1-3H3,(H,43,49);9-14,18,20,23,28,41H,5-8,15-17,19,21-22H2,1-4H3,(H,36,44)(H,42,43)/t34-,35?;35-;23?,28-/m000/s1. The van der Waals surface area contributed by atoms with E-state index in [0.29, 0.717) is 145 Å². The summed E-state index contributed by atoms with van der Waals surface area (Å²) in [5.41, 5.74) is 14.1. The molecule has 0 fully saturated rings. The van der Waals surface area contributed by atoms with Crippen molar-refractivity contribution < 1.29 is 73.2 Å². The number of hydrogen-bond acceptors (Lipinski definition) is 17. The van der Waals surface area contributed by atoms with Crippen molar-refractivity contribution >= 4 is 92.9 Å². The number of aryl methyl sites for hydroxylation is 3. The van der Waals surface area contributed by atoms with Crippen LogP contribution in [-0.2, 0) is 69.3 Å². The molecule has 0 bridgehead atoms. The number of nitrogens with one attached hydrogen (secondary N) is 3. The van der Waals surface area contributed by atoms with Gasteiger partial charge in [0.15, 0.2) is 17.1 Å². The Morgan fingerprint density at radius 1 is 0.380 bits per heavy atom. The highest BCUT2D eigenvalue weighted by Gasteiger charge is 2.39. The van der Waals surface area contributed by atoms with Gasteiger partial charge in [0.2, 0.25) is 23.6 Å². The summed E-state index contributed by atoms with van der Waals surface area (Å²) in [5.74, 6) is -5.38. The van der Waals surface area contributed by atoms with Gasteiger partial charge in [-0.25, -0.2) is 14.0 Å². The van der Waals surface area contributed by atoms with E-state index in [1.54, 1.807) is 116 Å². The lowest BCUT2D eigenvalue weighted by atomic mass is 9.93. The molecule has 12 aromatic rings. The van der Waals surface area contributed by atoms with Crippen molar-refractivity contribution in [2.45, 2.75) is 228 Å². The molecule has 7 N–H and O–H groups in total. The van der Waals surface area contributed by atoms with Crippen LogP contribution >= 0.6 is 0 Å². The zero-order valence-electron chi connectivity index (χ0n) is 88.5. The minimum absolute atomic E-state index is 0.0328. The van der Waals surface area contributed by atoms with E-state index in [1.807, 2.05) is 181 Å². The monoisotopic (exact) mass is 2040 g/mol. The van der Waals surface area contributed by atoms with Crippen LogP contribution in [-0.4, -0.2) is 240 Å². The Hall–Kier alpha value is -15.1. The molecule has 0 radical (unpaired) electrons. The Labute approximate surface area is 879 Å². The van der Waals surface area contributed by atoms with Crippen LogP contribution in [0.4, 0.5) is 17.1 Å². The number of nitrogens with zero attached hydrogens (tertiary/aromatic N) is 13. The van der Waals surface area contributed by atoms with Gasteiger partial charge in [0.1, 0.15) is 0 Å². The third-order valence-corrected chi connectivity index (χ3v) is 28.1.